The molecule has 1 saturated heterocycles. The molecule has 1 aliphatic heterocycles. The number of para-hydroxylation sites is 1. The zero-order valence-corrected chi connectivity index (χ0v) is 8.01. The second-order valence-electron chi connectivity index (χ2n) is 3.65. The molecule has 0 aliphatic carbocycles. The van der Waals surface area contributed by atoms with Gasteiger partial charge in [-0.25, -0.2) is 0 Å². The van der Waals surface area contributed by atoms with Crippen molar-refractivity contribution < 1.29 is 0 Å². The minimum absolute atomic E-state index is 0.612. The number of anilines is 1. The van der Waals surface area contributed by atoms with Gasteiger partial charge in [-0.05, 0) is 31.5 Å². The highest BCUT2D eigenvalue weighted by atomic mass is 15.0. The Kier molecular flexibility index (Phi) is 2.50. The first kappa shape index (κ1) is 8.57. The van der Waals surface area contributed by atoms with E-state index in [9.17, 15) is 0 Å². The summed E-state index contributed by atoms with van der Waals surface area (Å²) in [7, 11) is 0. The average Bonchev–Trinajstić information content (AvgIpc) is 2.61. The molecule has 0 spiro atoms. The first-order valence-corrected chi connectivity index (χ1v) is 4.89. The SMILES string of the molecule is Cc1ccccc1NC1CCNC1. The van der Waals surface area contributed by atoms with Gasteiger partial charge in [0.15, 0.2) is 0 Å². The van der Waals surface area contributed by atoms with E-state index in [1.54, 1.807) is 0 Å². The number of hydrogen-bond acceptors (Lipinski definition) is 2. The van der Waals surface area contributed by atoms with Crippen molar-refractivity contribution in [3.8, 4) is 0 Å². The van der Waals surface area contributed by atoms with Gasteiger partial charge in [0, 0.05) is 18.3 Å². The molecule has 70 valence electrons. The lowest BCUT2D eigenvalue weighted by Crippen LogP contribution is -2.22. The summed E-state index contributed by atoms with van der Waals surface area (Å²) in [4.78, 5) is 0. The zero-order valence-electron chi connectivity index (χ0n) is 8.01. The molecule has 0 saturated carbocycles. The van der Waals surface area contributed by atoms with Gasteiger partial charge in [-0.2, -0.15) is 0 Å². The Morgan fingerprint density at radius 2 is 2.23 bits per heavy atom. The lowest BCUT2D eigenvalue weighted by atomic mass is 10.1. The molecule has 0 amide bonds. The highest BCUT2D eigenvalue weighted by molar-refractivity contribution is 5.51. The van der Waals surface area contributed by atoms with Crippen LogP contribution in [0.4, 0.5) is 5.69 Å². The largest absolute Gasteiger partial charge is 0.381 e. The van der Waals surface area contributed by atoms with E-state index in [2.05, 4.69) is 41.8 Å². The number of aryl methyl sites for hydroxylation is 1. The average molecular weight is 176 g/mol. The van der Waals surface area contributed by atoms with Crippen LogP contribution in [-0.2, 0) is 0 Å². The van der Waals surface area contributed by atoms with Crippen LogP contribution in [0.5, 0.6) is 0 Å². The van der Waals surface area contributed by atoms with Crippen molar-refractivity contribution >= 4 is 5.69 Å². The van der Waals surface area contributed by atoms with Gasteiger partial charge in [-0.1, -0.05) is 18.2 Å². The van der Waals surface area contributed by atoms with Gasteiger partial charge in [0.05, 0.1) is 0 Å². The van der Waals surface area contributed by atoms with Gasteiger partial charge in [0.2, 0.25) is 0 Å². The Balaban J connectivity index is 2.04. The minimum Gasteiger partial charge on any atom is -0.381 e. The van der Waals surface area contributed by atoms with Gasteiger partial charge < -0.3 is 10.6 Å². The number of benzene rings is 1. The Labute approximate surface area is 79.4 Å². The molecule has 1 atom stereocenters. The van der Waals surface area contributed by atoms with Crippen LogP contribution in [0.25, 0.3) is 0 Å². The maximum atomic E-state index is 3.55. The molecule has 2 nitrogen and oxygen atoms in total. The molecule has 1 aliphatic rings. The standard InChI is InChI=1S/C11H16N2/c1-9-4-2-3-5-11(9)13-10-6-7-12-8-10/h2-5,10,12-13H,6-8H2,1H3. The van der Waals surface area contributed by atoms with Gasteiger partial charge in [0.1, 0.15) is 0 Å². The van der Waals surface area contributed by atoms with Crippen molar-refractivity contribution in [1.82, 2.24) is 5.32 Å². The molecule has 1 aromatic rings. The van der Waals surface area contributed by atoms with E-state index < -0.39 is 0 Å². The zero-order chi connectivity index (χ0) is 9.10. The van der Waals surface area contributed by atoms with E-state index in [-0.39, 0.29) is 0 Å². The Bertz CT molecular complexity index is 277. The summed E-state index contributed by atoms with van der Waals surface area (Å²) in [5.41, 5.74) is 2.60. The van der Waals surface area contributed by atoms with E-state index in [0.29, 0.717) is 6.04 Å². The monoisotopic (exact) mass is 176 g/mol. The fraction of sp³-hybridized carbons (Fsp3) is 0.455. The summed E-state index contributed by atoms with van der Waals surface area (Å²) in [5, 5.41) is 6.90. The highest BCUT2D eigenvalue weighted by Gasteiger charge is 2.13. The molecule has 1 heterocycles. The third-order valence-corrected chi connectivity index (χ3v) is 2.57. The summed E-state index contributed by atoms with van der Waals surface area (Å²) in [6, 6.07) is 9.06. The van der Waals surface area contributed by atoms with Crippen molar-refractivity contribution in [2.24, 2.45) is 0 Å². The molecular formula is C11H16N2. The lowest BCUT2D eigenvalue weighted by molar-refractivity contribution is 0.792. The molecule has 0 aromatic heterocycles. The highest BCUT2D eigenvalue weighted by Crippen LogP contribution is 2.15. The smallest absolute Gasteiger partial charge is 0.0398 e. The summed E-state index contributed by atoms with van der Waals surface area (Å²) in [6.45, 7) is 4.38. The fourth-order valence-corrected chi connectivity index (χ4v) is 1.73. The predicted octanol–water partition coefficient (Wildman–Crippen LogP) is 1.77. The van der Waals surface area contributed by atoms with Gasteiger partial charge in [0.25, 0.3) is 0 Å². The molecule has 2 N–H and O–H groups in total. The van der Waals surface area contributed by atoms with E-state index >= 15 is 0 Å². The van der Waals surface area contributed by atoms with Crippen LogP contribution in [0, 0.1) is 6.92 Å². The first-order chi connectivity index (χ1) is 6.36. The maximum Gasteiger partial charge on any atom is 0.0398 e. The van der Waals surface area contributed by atoms with Crippen molar-refractivity contribution in [2.75, 3.05) is 18.4 Å². The van der Waals surface area contributed by atoms with E-state index in [1.165, 1.54) is 17.7 Å². The van der Waals surface area contributed by atoms with Crippen LogP contribution in [0.3, 0.4) is 0 Å². The summed E-state index contributed by atoms with van der Waals surface area (Å²) < 4.78 is 0. The number of nitrogens with one attached hydrogen (secondary N) is 2. The molecular weight excluding hydrogens is 160 g/mol. The fourth-order valence-electron chi connectivity index (χ4n) is 1.73. The molecule has 1 aromatic carbocycles. The van der Waals surface area contributed by atoms with Crippen molar-refractivity contribution in [3.63, 3.8) is 0 Å². The Morgan fingerprint density at radius 1 is 1.38 bits per heavy atom. The lowest BCUT2D eigenvalue weighted by Gasteiger charge is -2.14. The summed E-state index contributed by atoms with van der Waals surface area (Å²) in [6.07, 6.45) is 1.23. The molecule has 0 radical (unpaired) electrons. The Hall–Kier alpha value is -1.02. The van der Waals surface area contributed by atoms with E-state index in [1.807, 2.05) is 0 Å². The van der Waals surface area contributed by atoms with Crippen molar-refractivity contribution in [2.45, 2.75) is 19.4 Å². The second-order valence-corrected chi connectivity index (χ2v) is 3.65. The van der Waals surface area contributed by atoms with Crippen molar-refractivity contribution in [1.29, 1.82) is 0 Å². The molecule has 0 bridgehead atoms. The second kappa shape index (κ2) is 3.79. The van der Waals surface area contributed by atoms with Crippen LogP contribution < -0.4 is 10.6 Å². The van der Waals surface area contributed by atoms with Crippen LogP contribution in [0.15, 0.2) is 24.3 Å². The molecule has 1 unspecified atom stereocenters. The number of hydrogen-bond donors (Lipinski definition) is 2. The number of rotatable bonds is 2. The predicted molar refractivity (Wildman–Crippen MR) is 56.1 cm³/mol. The van der Waals surface area contributed by atoms with E-state index in [4.69, 9.17) is 0 Å². The van der Waals surface area contributed by atoms with Crippen LogP contribution in [-0.4, -0.2) is 19.1 Å². The van der Waals surface area contributed by atoms with Crippen molar-refractivity contribution in [3.05, 3.63) is 29.8 Å². The third kappa shape index (κ3) is 2.01. The third-order valence-electron chi connectivity index (χ3n) is 2.57. The molecule has 13 heavy (non-hydrogen) atoms. The van der Waals surface area contributed by atoms with Gasteiger partial charge in [-0.15, -0.1) is 0 Å². The maximum absolute atomic E-state index is 3.55. The Morgan fingerprint density at radius 3 is 2.92 bits per heavy atom. The summed E-state index contributed by atoms with van der Waals surface area (Å²) in [5.74, 6) is 0. The van der Waals surface area contributed by atoms with Crippen LogP contribution in [0.1, 0.15) is 12.0 Å². The molecule has 2 heteroatoms. The van der Waals surface area contributed by atoms with Gasteiger partial charge >= 0.3 is 0 Å². The first-order valence-electron chi connectivity index (χ1n) is 4.89. The van der Waals surface area contributed by atoms with E-state index in [0.717, 1.165) is 13.1 Å². The van der Waals surface area contributed by atoms with Gasteiger partial charge in [-0.3, -0.25) is 0 Å². The quantitative estimate of drug-likeness (QED) is 0.717. The van der Waals surface area contributed by atoms with Crippen LogP contribution >= 0.6 is 0 Å². The van der Waals surface area contributed by atoms with Crippen LogP contribution in [0.2, 0.25) is 0 Å². The summed E-state index contributed by atoms with van der Waals surface area (Å²) >= 11 is 0. The molecule has 2 rings (SSSR count). The topological polar surface area (TPSA) is 24.1 Å². The molecule has 1 fully saturated rings. The minimum atomic E-state index is 0.612. The normalized spacial score (nSPS) is 21.8.